The predicted octanol–water partition coefficient (Wildman–Crippen LogP) is 1.74. The number of aromatic nitrogens is 2. The molecule has 0 radical (unpaired) electrons. The molecule has 0 aliphatic heterocycles. The Balaban J connectivity index is 2.59. The number of rotatable bonds is 3. The summed E-state index contributed by atoms with van der Waals surface area (Å²) in [5.41, 5.74) is 1.62. The van der Waals surface area contributed by atoms with Gasteiger partial charge in [0.2, 0.25) is 0 Å². The third kappa shape index (κ3) is 1.85. The Kier molecular flexibility index (Phi) is 3.01. The summed E-state index contributed by atoms with van der Waals surface area (Å²) in [5.74, 6) is 0. The molecule has 1 aromatic carbocycles. The molecule has 0 aliphatic rings. The topological polar surface area (TPSA) is 61.3 Å². The fourth-order valence-corrected chi connectivity index (χ4v) is 2.29. The van der Waals surface area contributed by atoms with Crippen LogP contribution in [-0.2, 0) is 13.6 Å². The monoisotopic (exact) mass is 238 g/mol. The Hall–Kier alpha value is -1.29. The van der Waals surface area contributed by atoms with Crippen molar-refractivity contribution in [1.29, 1.82) is 0 Å². The first-order valence-corrected chi connectivity index (χ1v) is 6.18. The highest BCUT2D eigenvalue weighted by Gasteiger charge is 2.26. The average Bonchev–Trinajstić information content (AvgIpc) is 2.37. The van der Waals surface area contributed by atoms with Crippen molar-refractivity contribution in [3.63, 3.8) is 0 Å². The summed E-state index contributed by atoms with van der Waals surface area (Å²) >= 11 is 0. The summed E-state index contributed by atoms with van der Waals surface area (Å²) in [6, 6.07) is 7.33. The summed E-state index contributed by atoms with van der Waals surface area (Å²) < 4.78 is 21.8. The molecule has 6 heteroatoms. The fraction of sp³-hybridized carbons (Fsp3) is 0.200. The maximum Gasteiger partial charge on any atom is 0.380 e. The van der Waals surface area contributed by atoms with Gasteiger partial charge in [0.15, 0.2) is 5.44 Å². The second kappa shape index (κ2) is 4.29. The first-order chi connectivity index (χ1) is 7.69. The molecule has 0 saturated carbocycles. The lowest BCUT2D eigenvalue weighted by Gasteiger charge is -2.12. The molecule has 84 valence electrons. The van der Waals surface area contributed by atoms with E-state index in [9.17, 15) is 4.57 Å². The van der Waals surface area contributed by atoms with E-state index in [0.29, 0.717) is 5.52 Å². The zero-order valence-electron chi connectivity index (χ0n) is 8.95. The average molecular weight is 238 g/mol. The van der Waals surface area contributed by atoms with Crippen LogP contribution in [0.1, 0.15) is 0 Å². The number of hydrogen-bond acceptors (Lipinski definition) is 5. The quantitative estimate of drug-likeness (QED) is 0.762. The standard InChI is InChI=1S/C10H11N2O3P/c1-14-16(13,15-2)10-7-11-8-5-3-4-6-9(8)12-10/h3-7H,1-2H3. The van der Waals surface area contributed by atoms with Crippen molar-refractivity contribution in [3.8, 4) is 0 Å². The van der Waals surface area contributed by atoms with Gasteiger partial charge in [-0.3, -0.25) is 9.55 Å². The Morgan fingerprint density at radius 1 is 1.12 bits per heavy atom. The van der Waals surface area contributed by atoms with Crippen molar-refractivity contribution in [2.24, 2.45) is 0 Å². The molecule has 0 amide bonds. The minimum atomic E-state index is -3.31. The highest BCUT2D eigenvalue weighted by molar-refractivity contribution is 7.61. The van der Waals surface area contributed by atoms with Crippen molar-refractivity contribution in [2.75, 3.05) is 14.2 Å². The van der Waals surface area contributed by atoms with Gasteiger partial charge in [0, 0.05) is 14.2 Å². The molecule has 5 nitrogen and oxygen atoms in total. The zero-order chi connectivity index (χ0) is 11.6. The third-order valence-corrected chi connectivity index (χ3v) is 3.94. The van der Waals surface area contributed by atoms with E-state index in [0.717, 1.165) is 5.52 Å². The summed E-state index contributed by atoms with van der Waals surface area (Å²) in [7, 11) is -0.670. The van der Waals surface area contributed by atoms with Gasteiger partial charge < -0.3 is 9.05 Å². The van der Waals surface area contributed by atoms with Gasteiger partial charge in [-0.15, -0.1) is 0 Å². The van der Waals surface area contributed by atoms with Crippen LogP contribution in [0.5, 0.6) is 0 Å². The Morgan fingerprint density at radius 3 is 2.38 bits per heavy atom. The van der Waals surface area contributed by atoms with Gasteiger partial charge in [0.1, 0.15) is 0 Å². The largest absolute Gasteiger partial charge is 0.380 e. The fourth-order valence-electron chi connectivity index (χ4n) is 1.34. The van der Waals surface area contributed by atoms with E-state index < -0.39 is 7.60 Å². The van der Waals surface area contributed by atoms with Crippen LogP contribution >= 0.6 is 7.60 Å². The molecule has 0 bridgehead atoms. The van der Waals surface area contributed by atoms with Crippen molar-refractivity contribution in [2.45, 2.75) is 0 Å². The number of fused-ring (bicyclic) bond motifs is 1. The van der Waals surface area contributed by atoms with Gasteiger partial charge >= 0.3 is 7.60 Å². The van der Waals surface area contributed by atoms with E-state index in [4.69, 9.17) is 9.05 Å². The highest BCUT2D eigenvalue weighted by Crippen LogP contribution is 2.44. The van der Waals surface area contributed by atoms with Crippen LogP contribution in [0.25, 0.3) is 11.0 Å². The van der Waals surface area contributed by atoms with E-state index in [1.54, 1.807) is 6.07 Å². The first kappa shape index (κ1) is 11.2. The normalized spacial score (nSPS) is 11.9. The predicted molar refractivity (Wildman–Crippen MR) is 60.8 cm³/mol. The van der Waals surface area contributed by atoms with Crippen LogP contribution in [-0.4, -0.2) is 24.2 Å². The molecule has 0 aliphatic carbocycles. The molecule has 0 saturated heterocycles. The third-order valence-electron chi connectivity index (χ3n) is 2.20. The number of nitrogens with zero attached hydrogens (tertiary/aromatic N) is 2. The summed E-state index contributed by atoms with van der Waals surface area (Å²) in [6.45, 7) is 0. The molecule has 0 unspecified atom stereocenters. The van der Waals surface area contributed by atoms with Gasteiger partial charge in [0.05, 0.1) is 17.2 Å². The molecule has 0 atom stereocenters. The molecule has 2 aromatic rings. The zero-order valence-corrected chi connectivity index (χ0v) is 9.85. The van der Waals surface area contributed by atoms with Gasteiger partial charge in [-0.05, 0) is 12.1 Å². The molecular weight excluding hydrogens is 227 g/mol. The lowest BCUT2D eigenvalue weighted by Crippen LogP contribution is -2.13. The Morgan fingerprint density at radius 2 is 1.75 bits per heavy atom. The molecule has 0 spiro atoms. The molecular formula is C10H11N2O3P. The van der Waals surface area contributed by atoms with Gasteiger partial charge in [-0.1, -0.05) is 12.1 Å². The van der Waals surface area contributed by atoms with Crippen LogP contribution < -0.4 is 5.44 Å². The molecule has 0 fully saturated rings. The molecule has 16 heavy (non-hydrogen) atoms. The van der Waals surface area contributed by atoms with Crippen molar-refractivity contribution in [3.05, 3.63) is 30.5 Å². The van der Waals surface area contributed by atoms with Crippen molar-refractivity contribution < 1.29 is 13.6 Å². The van der Waals surface area contributed by atoms with Crippen LogP contribution in [0.4, 0.5) is 0 Å². The summed E-state index contributed by atoms with van der Waals surface area (Å²) in [5, 5.41) is 0. The summed E-state index contributed by atoms with van der Waals surface area (Å²) in [6.07, 6.45) is 1.41. The van der Waals surface area contributed by atoms with Crippen LogP contribution in [0.15, 0.2) is 30.5 Å². The second-order valence-corrected chi connectivity index (χ2v) is 5.26. The highest BCUT2D eigenvalue weighted by atomic mass is 31.2. The van der Waals surface area contributed by atoms with Gasteiger partial charge in [-0.25, -0.2) is 4.98 Å². The van der Waals surface area contributed by atoms with Crippen LogP contribution in [0.2, 0.25) is 0 Å². The second-order valence-electron chi connectivity index (χ2n) is 3.08. The van der Waals surface area contributed by atoms with Crippen LogP contribution in [0.3, 0.4) is 0 Å². The molecule has 0 N–H and O–H groups in total. The van der Waals surface area contributed by atoms with E-state index in [1.807, 2.05) is 18.2 Å². The van der Waals surface area contributed by atoms with Gasteiger partial charge in [0.25, 0.3) is 0 Å². The maximum atomic E-state index is 12.0. The lowest BCUT2D eigenvalue weighted by atomic mass is 10.3. The maximum absolute atomic E-state index is 12.0. The molecule has 1 heterocycles. The Labute approximate surface area is 93.0 Å². The van der Waals surface area contributed by atoms with Gasteiger partial charge in [-0.2, -0.15) is 0 Å². The van der Waals surface area contributed by atoms with Crippen molar-refractivity contribution in [1.82, 2.24) is 9.97 Å². The number of para-hydroxylation sites is 2. The SMILES string of the molecule is COP(=O)(OC)c1cnc2ccccc2n1. The smallest absolute Gasteiger partial charge is 0.307 e. The minimum absolute atomic E-state index is 0.219. The van der Waals surface area contributed by atoms with Crippen LogP contribution in [0, 0.1) is 0 Å². The lowest BCUT2D eigenvalue weighted by molar-refractivity contribution is 0.286. The number of benzene rings is 1. The Bertz CT molecular complexity index is 551. The van der Waals surface area contributed by atoms with E-state index >= 15 is 0 Å². The first-order valence-electron chi connectivity index (χ1n) is 4.63. The number of hydrogen-bond donors (Lipinski definition) is 0. The van der Waals surface area contributed by atoms with E-state index in [-0.39, 0.29) is 5.44 Å². The summed E-state index contributed by atoms with van der Waals surface area (Å²) in [4.78, 5) is 8.36. The van der Waals surface area contributed by atoms with E-state index in [1.165, 1.54) is 20.4 Å². The molecule has 2 rings (SSSR count). The van der Waals surface area contributed by atoms with E-state index in [2.05, 4.69) is 9.97 Å². The van der Waals surface area contributed by atoms with Crippen molar-refractivity contribution >= 4 is 24.1 Å². The minimum Gasteiger partial charge on any atom is -0.307 e. The molecule has 1 aromatic heterocycles.